The van der Waals surface area contributed by atoms with Crippen LogP contribution in [0.3, 0.4) is 0 Å². The van der Waals surface area contributed by atoms with Gasteiger partial charge in [-0.25, -0.2) is 19.2 Å². The molecule has 220 valence electrons. The van der Waals surface area contributed by atoms with Crippen LogP contribution in [0.4, 0.5) is 0 Å². The first-order valence-electron chi connectivity index (χ1n) is 13.4. The molecule has 4 atom stereocenters. The average Bonchev–Trinajstić information content (AvgIpc) is 3.22. The number of ether oxygens (including phenoxy) is 4. The summed E-state index contributed by atoms with van der Waals surface area (Å²) in [4.78, 5) is 66.7. The van der Waals surface area contributed by atoms with Crippen LogP contribution < -0.4 is 11.2 Å². The van der Waals surface area contributed by atoms with Crippen molar-refractivity contribution in [3.63, 3.8) is 0 Å². The van der Waals surface area contributed by atoms with E-state index >= 15 is 0 Å². The molecular formula is C32H28N2O9. The van der Waals surface area contributed by atoms with Gasteiger partial charge >= 0.3 is 23.6 Å². The van der Waals surface area contributed by atoms with Gasteiger partial charge in [0.2, 0.25) is 0 Å². The summed E-state index contributed by atoms with van der Waals surface area (Å²) in [6.45, 7) is 2.50. The molecule has 4 aromatic rings. The Hall–Kier alpha value is -5.29. The lowest BCUT2D eigenvalue weighted by atomic mass is 9.94. The lowest BCUT2D eigenvalue weighted by molar-refractivity contribution is -0.175. The lowest BCUT2D eigenvalue weighted by Gasteiger charge is -2.32. The Labute approximate surface area is 245 Å². The van der Waals surface area contributed by atoms with Gasteiger partial charge < -0.3 is 18.9 Å². The minimum atomic E-state index is -1.85. The summed E-state index contributed by atoms with van der Waals surface area (Å²) in [7, 11) is 0. The molecule has 1 saturated heterocycles. The maximum Gasteiger partial charge on any atom is 0.338 e. The zero-order valence-electron chi connectivity index (χ0n) is 23.3. The van der Waals surface area contributed by atoms with Gasteiger partial charge in [-0.05, 0) is 50.2 Å². The Balaban J connectivity index is 1.59. The van der Waals surface area contributed by atoms with Gasteiger partial charge in [0.25, 0.3) is 5.56 Å². The van der Waals surface area contributed by atoms with Crippen LogP contribution in [0.25, 0.3) is 0 Å². The maximum absolute atomic E-state index is 13.4. The molecule has 0 bridgehead atoms. The Morgan fingerprint density at radius 1 is 0.721 bits per heavy atom. The van der Waals surface area contributed by atoms with Crippen molar-refractivity contribution in [3.8, 4) is 0 Å². The number of esters is 3. The van der Waals surface area contributed by atoms with Gasteiger partial charge in [0, 0.05) is 12.3 Å². The number of hydrogen-bond donors (Lipinski definition) is 1. The normalized spacial score (nSPS) is 22.8. The van der Waals surface area contributed by atoms with Crippen LogP contribution in [0.2, 0.25) is 0 Å². The number of carbonyl (C=O) groups is 3. The largest absolute Gasteiger partial charge is 0.459 e. The van der Waals surface area contributed by atoms with Crippen molar-refractivity contribution in [1.82, 2.24) is 9.55 Å². The van der Waals surface area contributed by atoms with Crippen LogP contribution >= 0.6 is 0 Å². The van der Waals surface area contributed by atoms with Gasteiger partial charge in [-0.3, -0.25) is 14.3 Å². The molecule has 0 amide bonds. The molecule has 5 rings (SSSR count). The van der Waals surface area contributed by atoms with E-state index in [9.17, 15) is 24.0 Å². The fourth-order valence-electron chi connectivity index (χ4n) is 4.99. The van der Waals surface area contributed by atoms with E-state index < -0.39 is 59.3 Å². The van der Waals surface area contributed by atoms with Gasteiger partial charge in [0.1, 0.15) is 12.2 Å². The fraction of sp³-hybridized carbons (Fsp3) is 0.219. The molecule has 1 aliphatic rings. The van der Waals surface area contributed by atoms with Crippen molar-refractivity contribution in [2.75, 3.05) is 6.61 Å². The molecule has 1 N–H and O–H groups in total. The maximum atomic E-state index is 13.4. The molecule has 43 heavy (non-hydrogen) atoms. The van der Waals surface area contributed by atoms with E-state index in [1.165, 1.54) is 32.2 Å². The molecule has 11 nitrogen and oxygen atoms in total. The van der Waals surface area contributed by atoms with Crippen molar-refractivity contribution < 1.29 is 33.3 Å². The average molecular weight is 585 g/mol. The molecular weight excluding hydrogens is 556 g/mol. The molecule has 3 aromatic carbocycles. The second-order valence-electron chi connectivity index (χ2n) is 10.3. The smallest absolute Gasteiger partial charge is 0.338 e. The SMILES string of the molecule is C[C@]1(COC(=O)c2ccccc2)O[C@@](C)(n2ccc(=O)[nH]c2=O)[C@H](OC(=O)c2ccccc2)[C@@H]1OC(=O)c1ccccc1. The Morgan fingerprint density at radius 2 is 1.19 bits per heavy atom. The van der Waals surface area contributed by atoms with Crippen molar-refractivity contribution in [2.45, 2.75) is 37.4 Å². The quantitative estimate of drug-likeness (QED) is 0.244. The number of aromatic amines is 1. The van der Waals surface area contributed by atoms with E-state index in [1.807, 2.05) is 0 Å². The molecule has 2 heterocycles. The number of nitrogens with zero attached hydrogens (tertiary/aromatic N) is 1. The molecule has 0 aliphatic carbocycles. The van der Waals surface area contributed by atoms with Gasteiger partial charge in [0.05, 0.1) is 16.7 Å². The lowest BCUT2D eigenvalue weighted by Crippen LogP contribution is -2.52. The first kappa shape index (κ1) is 29.2. The molecule has 11 heteroatoms. The van der Waals surface area contributed by atoms with Crippen molar-refractivity contribution in [2.24, 2.45) is 0 Å². The summed E-state index contributed by atoms with van der Waals surface area (Å²) in [5.74, 6) is -2.23. The number of hydrogen-bond acceptors (Lipinski definition) is 9. The Bertz CT molecular complexity index is 1740. The third kappa shape index (κ3) is 6.02. The number of benzene rings is 3. The van der Waals surface area contributed by atoms with E-state index in [4.69, 9.17) is 18.9 Å². The molecule has 1 aliphatic heterocycles. The number of nitrogens with one attached hydrogen (secondary N) is 1. The molecule has 0 unspecified atom stereocenters. The van der Waals surface area contributed by atoms with E-state index in [1.54, 1.807) is 78.9 Å². The third-order valence-electron chi connectivity index (χ3n) is 7.13. The van der Waals surface area contributed by atoms with Crippen LogP contribution in [-0.2, 0) is 24.7 Å². The van der Waals surface area contributed by atoms with Gasteiger partial charge in [-0.2, -0.15) is 0 Å². The van der Waals surface area contributed by atoms with E-state index in [0.29, 0.717) is 0 Å². The second kappa shape index (κ2) is 11.9. The van der Waals surface area contributed by atoms with Gasteiger partial charge in [0.15, 0.2) is 17.9 Å². The topological polar surface area (TPSA) is 143 Å². The third-order valence-corrected chi connectivity index (χ3v) is 7.13. The van der Waals surface area contributed by atoms with Crippen LogP contribution in [0.1, 0.15) is 44.9 Å². The molecule has 0 saturated carbocycles. The number of H-pyrrole nitrogens is 1. The Morgan fingerprint density at radius 3 is 1.67 bits per heavy atom. The minimum absolute atomic E-state index is 0.191. The van der Waals surface area contributed by atoms with E-state index in [2.05, 4.69) is 4.98 Å². The summed E-state index contributed by atoms with van der Waals surface area (Å²) < 4.78 is 25.0. The van der Waals surface area contributed by atoms with Gasteiger partial charge in [-0.1, -0.05) is 54.6 Å². The highest BCUT2D eigenvalue weighted by atomic mass is 16.7. The fourth-order valence-corrected chi connectivity index (χ4v) is 4.99. The van der Waals surface area contributed by atoms with Crippen LogP contribution in [0.5, 0.6) is 0 Å². The molecule has 0 radical (unpaired) electrons. The first-order valence-corrected chi connectivity index (χ1v) is 13.4. The van der Waals surface area contributed by atoms with Crippen molar-refractivity contribution in [1.29, 1.82) is 0 Å². The first-order chi connectivity index (χ1) is 20.6. The van der Waals surface area contributed by atoms with Crippen LogP contribution in [0, 0.1) is 0 Å². The van der Waals surface area contributed by atoms with E-state index in [-0.39, 0.29) is 16.7 Å². The predicted octanol–water partition coefficient (Wildman–Crippen LogP) is 3.31. The monoisotopic (exact) mass is 584 g/mol. The van der Waals surface area contributed by atoms with E-state index in [0.717, 1.165) is 10.6 Å². The molecule has 0 spiro atoms. The number of carbonyl (C=O) groups excluding carboxylic acids is 3. The highest BCUT2D eigenvalue weighted by Gasteiger charge is 2.64. The van der Waals surface area contributed by atoms with Crippen LogP contribution in [-0.4, -0.2) is 51.9 Å². The summed E-state index contributed by atoms with van der Waals surface area (Å²) in [6, 6.07) is 25.5. The number of aromatic nitrogens is 2. The Kier molecular flexibility index (Phi) is 8.09. The summed E-state index contributed by atoms with van der Waals surface area (Å²) in [6.07, 6.45) is -1.68. The summed E-state index contributed by atoms with van der Waals surface area (Å²) >= 11 is 0. The molecule has 1 fully saturated rings. The molecule has 1 aromatic heterocycles. The minimum Gasteiger partial charge on any atom is -0.459 e. The number of rotatable bonds is 8. The van der Waals surface area contributed by atoms with Crippen molar-refractivity contribution in [3.05, 3.63) is 141 Å². The standard InChI is InChI=1S/C32H28N2O9/c1-31(20-40-27(36)21-12-6-3-7-13-21)25(41-28(37)22-14-8-4-9-15-22)26(42-29(38)23-16-10-5-11-17-23)32(2,43-31)34-19-18-24(35)33-30(34)39/h3-19,25-26H,20H2,1-2H3,(H,33,35,39)/t25-,26+,31+,32+/m0/s1. The van der Waals surface area contributed by atoms with Gasteiger partial charge in [-0.15, -0.1) is 0 Å². The highest BCUT2D eigenvalue weighted by Crippen LogP contribution is 2.45. The summed E-state index contributed by atoms with van der Waals surface area (Å²) in [5.41, 5.74) is -4.36. The highest BCUT2D eigenvalue weighted by molar-refractivity contribution is 5.91. The summed E-state index contributed by atoms with van der Waals surface area (Å²) in [5, 5.41) is 0. The predicted molar refractivity (Wildman–Crippen MR) is 152 cm³/mol. The zero-order valence-corrected chi connectivity index (χ0v) is 23.3. The van der Waals surface area contributed by atoms with Crippen molar-refractivity contribution >= 4 is 17.9 Å². The van der Waals surface area contributed by atoms with Crippen LogP contribution in [0.15, 0.2) is 113 Å². The second-order valence-corrected chi connectivity index (χ2v) is 10.3. The zero-order chi connectivity index (χ0) is 30.6.